The van der Waals surface area contributed by atoms with Crippen molar-refractivity contribution in [2.45, 2.75) is 38.5 Å². The van der Waals surface area contributed by atoms with Crippen molar-refractivity contribution >= 4 is 23.2 Å². The molecule has 0 bridgehead atoms. The summed E-state index contributed by atoms with van der Waals surface area (Å²) in [4.78, 5) is 30.2. The number of hydrogen-bond acceptors (Lipinski definition) is 5. The van der Waals surface area contributed by atoms with E-state index in [-0.39, 0.29) is 18.4 Å². The summed E-state index contributed by atoms with van der Waals surface area (Å²) < 4.78 is 0. The standard InChI is InChI=1S/C17H25N3O3S/c1-12(14-3-8-24-11-14)18-4-6-19(7-5-18)17(23)16-9-15(22)10-20(16)13(2)21/h3,8,11-12,15-16,22H,4-7,9-10H2,1-2H3/t12?,15-,16+/m0/s1. The number of hydrogen-bond donors (Lipinski definition) is 1. The quantitative estimate of drug-likeness (QED) is 0.880. The molecule has 3 heterocycles. The summed E-state index contributed by atoms with van der Waals surface area (Å²) in [7, 11) is 0. The number of aliphatic hydroxyl groups excluding tert-OH is 1. The number of β-amino-alcohol motifs (C(OH)–C–C–N with tert-alkyl or cyclic N) is 1. The Labute approximate surface area is 146 Å². The van der Waals surface area contributed by atoms with E-state index >= 15 is 0 Å². The van der Waals surface area contributed by atoms with Gasteiger partial charge in [-0.2, -0.15) is 11.3 Å². The smallest absolute Gasteiger partial charge is 0.245 e. The number of aliphatic hydroxyl groups is 1. The van der Waals surface area contributed by atoms with Gasteiger partial charge in [0.05, 0.1) is 6.10 Å². The molecule has 6 nitrogen and oxygen atoms in total. The molecule has 7 heteroatoms. The minimum atomic E-state index is -0.595. The maximum Gasteiger partial charge on any atom is 0.245 e. The minimum absolute atomic E-state index is 0.0235. The van der Waals surface area contributed by atoms with Gasteiger partial charge in [-0.05, 0) is 29.3 Å². The number of carbonyl (C=O) groups excluding carboxylic acids is 2. The Bertz CT molecular complexity index is 584. The molecule has 3 rings (SSSR count). The van der Waals surface area contributed by atoms with E-state index in [9.17, 15) is 14.7 Å². The fraction of sp³-hybridized carbons (Fsp3) is 0.647. The molecule has 2 aliphatic heterocycles. The molecule has 1 aromatic heterocycles. The zero-order chi connectivity index (χ0) is 17.3. The Kier molecular flexibility index (Phi) is 5.22. The molecule has 2 saturated heterocycles. The lowest BCUT2D eigenvalue weighted by molar-refractivity contribution is -0.144. The second-order valence-corrected chi connectivity index (χ2v) is 7.45. The first kappa shape index (κ1) is 17.4. The maximum atomic E-state index is 12.8. The van der Waals surface area contributed by atoms with Crippen LogP contribution in [0, 0.1) is 0 Å². The molecular formula is C17H25N3O3S. The van der Waals surface area contributed by atoms with Gasteiger partial charge in [-0.15, -0.1) is 0 Å². The largest absolute Gasteiger partial charge is 0.391 e. The van der Waals surface area contributed by atoms with Gasteiger partial charge in [-0.25, -0.2) is 0 Å². The molecule has 1 aromatic rings. The van der Waals surface area contributed by atoms with Crippen LogP contribution in [0.5, 0.6) is 0 Å². The van der Waals surface area contributed by atoms with E-state index in [1.54, 1.807) is 11.3 Å². The van der Waals surface area contributed by atoms with Gasteiger partial charge < -0.3 is 14.9 Å². The monoisotopic (exact) mass is 351 g/mol. The van der Waals surface area contributed by atoms with Crippen LogP contribution in [0.3, 0.4) is 0 Å². The molecule has 24 heavy (non-hydrogen) atoms. The molecule has 132 valence electrons. The van der Waals surface area contributed by atoms with Gasteiger partial charge in [-0.3, -0.25) is 14.5 Å². The van der Waals surface area contributed by atoms with Crippen molar-refractivity contribution in [1.29, 1.82) is 0 Å². The molecule has 1 unspecified atom stereocenters. The average Bonchev–Trinajstić information content (AvgIpc) is 3.23. The van der Waals surface area contributed by atoms with Gasteiger partial charge in [0.15, 0.2) is 0 Å². The van der Waals surface area contributed by atoms with E-state index in [0.29, 0.717) is 25.6 Å². The van der Waals surface area contributed by atoms with E-state index in [2.05, 4.69) is 28.7 Å². The molecular weight excluding hydrogens is 326 g/mol. The first-order chi connectivity index (χ1) is 11.5. The van der Waals surface area contributed by atoms with Crippen molar-refractivity contribution in [2.24, 2.45) is 0 Å². The van der Waals surface area contributed by atoms with Crippen LogP contribution in [0.15, 0.2) is 16.8 Å². The van der Waals surface area contributed by atoms with Crippen LogP contribution in [0.2, 0.25) is 0 Å². The number of piperazine rings is 1. The summed E-state index contributed by atoms with van der Waals surface area (Å²) in [5.74, 6) is -0.167. The van der Waals surface area contributed by atoms with Crippen LogP contribution in [-0.4, -0.2) is 76.5 Å². The molecule has 0 aromatic carbocycles. The lowest BCUT2D eigenvalue weighted by Gasteiger charge is -2.39. The Hall–Kier alpha value is -1.44. The Balaban J connectivity index is 1.58. The van der Waals surface area contributed by atoms with Gasteiger partial charge in [-0.1, -0.05) is 0 Å². The highest BCUT2D eigenvalue weighted by Crippen LogP contribution is 2.25. The third-order valence-corrected chi connectivity index (χ3v) is 5.87. The van der Waals surface area contributed by atoms with Gasteiger partial charge in [0.1, 0.15) is 6.04 Å². The third-order valence-electron chi connectivity index (χ3n) is 5.17. The highest BCUT2D eigenvalue weighted by Gasteiger charge is 2.40. The van der Waals surface area contributed by atoms with Crippen molar-refractivity contribution < 1.29 is 14.7 Å². The normalized spacial score (nSPS) is 26.6. The summed E-state index contributed by atoms with van der Waals surface area (Å²) in [6, 6.07) is 2.01. The van der Waals surface area contributed by atoms with E-state index in [0.717, 1.165) is 13.1 Å². The average molecular weight is 351 g/mol. The zero-order valence-corrected chi connectivity index (χ0v) is 15.0. The van der Waals surface area contributed by atoms with Gasteiger partial charge >= 0.3 is 0 Å². The molecule has 1 N–H and O–H groups in total. The summed E-state index contributed by atoms with van der Waals surface area (Å²) in [6.45, 7) is 6.93. The van der Waals surface area contributed by atoms with E-state index < -0.39 is 12.1 Å². The first-order valence-corrected chi connectivity index (χ1v) is 9.42. The summed E-state index contributed by atoms with van der Waals surface area (Å²) >= 11 is 1.70. The first-order valence-electron chi connectivity index (χ1n) is 8.47. The molecule has 0 aliphatic carbocycles. The Morgan fingerprint density at radius 1 is 1.29 bits per heavy atom. The molecule has 2 aliphatic rings. The van der Waals surface area contributed by atoms with Crippen LogP contribution < -0.4 is 0 Å². The Morgan fingerprint density at radius 3 is 2.58 bits per heavy atom. The van der Waals surface area contributed by atoms with E-state index in [4.69, 9.17) is 0 Å². The number of nitrogens with zero attached hydrogens (tertiary/aromatic N) is 3. The van der Waals surface area contributed by atoms with Crippen molar-refractivity contribution in [2.75, 3.05) is 32.7 Å². The third kappa shape index (κ3) is 3.48. The van der Waals surface area contributed by atoms with Crippen molar-refractivity contribution in [1.82, 2.24) is 14.7 Å². The highest BCUT2D eigenvalue weighted by molar-refractivity contribution is 7.07. The predicted molar refractivity (Wildman–Crippen MR) is 92.7 cm³/mol. The van der Waals surface area contributed by atoms with Crippen molar-refractivity contribution in [3.8, 4) is 0 Å². The number of amides is 2. The van der Waals surface area contributed by atoms with Crippen LogP contribution >= 0.6 is 11.3 Å². The van der Waals surface area contributed by atoms with Crippen molar-refractivity contribution in [3.63, 3.8) is 0 Å². The number of carbonyl (C=O) groups is 2. The molecule has 0 radical (unpaired) electrons. The summed E-state index contributed by atoms with van der Waals surface area (Å²) in [6.07, 6.45) is -0.244. The highest BCUT2D eigenvalue weighted by atomic mass is 32.1. The molecule has 0 saturated carbocycles. The summed E-state index contributed by atoms with van der Waals surface area (Å²) in [5.41, 5.74) is 1.32. The number of rotatable bonds is 3. The van der Waals surface area contributed by atoms with Crippen LogP contribution in [0.1, 0.15) is 31.9 Å². The van der Waals surface area contributed by atoms with Gasteiger partial charge in [0.25, 0.3) is 0 Å². The fourth-order valence-corrected chi connectivity index (χ4v) is 4.41. The maximum absolute atomic E-state index is 12.8. The fourth-order valence-electron chi connectivity index (χ4n) is 3.66. The lowest BCUT2D eigenvalue weighted by atomic mass is 10.1. The van der Waals surface area contributed by atoms with E-state index in [1.807, 2.05) is 4.90 Å². The Morgan fingerprint density at radius 2 is 2.00 bits per heavy atom. The number of thiophene rings is 1. The van der Waals surface area contributed by atoms with Crippen LogP contribution in [-0.2, 0) is 9.59 Å². The van der Waals surface area contributed by atoms with Crippen LogP contribution in [0.4, 0.5) is 0 Å². The molecule has 2 amide bonds. The number of likely N-dealkylation sites (tertiary alicyclic amines) is 1. The topological polar surface area (TPSA) is 64.1 Å². The molecule has 0 spiro atoms. The molecule has 2 fully saturated rings. The molecule has 3 atom stereocenters. The van der Waals surface area contributed by atoms with Crippen LogP contribution in [0.25, 0.3) is 0 Å². The van der Waals surface area contributed by atoms with Gasteiger partial charge in [0, 0.05) is 52.1 Å². The summed E-state index contributed by atoms with van der Waals surface area (Å²) in [5, 5.41) is 14.1. The zero-order valence-electron chi connectivity index (χ0n) is 14.2. The second kappa shape index (κ2) is 7.21. The van der Waals surface area contributed by atoms with Gasteiger partial charge in [0.2, 0.25) is 11.8 Å². The predicted octanol–water partition coefficient (Wildman–Crippen LogP) is 0.935. The van der Waals surface area contributed by atoms with E-state index in [1.165, 1.54) is 17.4 Å². The minimum Gasteiger partial charge on any atom is -0.391 e. The van der Waals surface area contributed by atoms with Crippen molar-refractivity contribution in [3.05, 3.63) is 22.4 Å². The second-order valence-electron chi connectivity index (χ2n) is 6.67. The lowest BCUT2D eigenvalue weighted by Crippen LogP contribution is -2.54. The SMILES string of the molecule is CC(=O)N1C[C@@H](O)C[C@@H]1C(=O)N1CCN(C(C)c2ccsc2)CC1.